The first kappa shape index (κ1) is 10.6. The Balaban J connectivity index is 2.74. The quantitative estimate of drug-likeness (QED) is 0.512. The van der Waals surface area contributed by atoms with Crippen LogP contribution in [0.4, 0.5) is 0 Å². The van der Waals surface area contributed by atoms with E-state index in [-0.39, 0.29) is 0 Å². The van der Waals surface area contributed by atoms with E-state index in [1.807, 2.05) is 24.1 Å². The third kappa shape index (κ3) is 2.49. The largest absolute Gasteiger partial charge is 0.371 e. The highest BCUT2D eigenvalue weighted by molar-refractivity contribution is 6.31. The van der Waals surface area contributed by atoms with Crippen LogP contribution >= 0.6 is 0 Å². The molecular weight excluding hydrogens is 171 g/mol. The average Bonchev–Trinajstić information content (AvgIpc) is 2.20. The topological polar surface area (TPSA) is 16.1 Å². The second-order valence-corrected chi connectivity index (χ2v) is 3.10. The molecule has 0 unspecified atom stereocenters. The highest BCUT2D eigenvalue weighted by atomic mass is 15.1. The molecule has 0 aromatic carbocycles. The molecule has 0 atom stereocenters. The molecule has 0 bridgehead atoms. The van der Waals surface area contributed by atoms with E-state index >= 15 is 0 Å². The Hall–Kier alpha value is -1.51. The normalized spacial score (nSPS) is 9.50. The fraction of sp³-hybridized carbons (Fsp3) is 0.182. The summed E-state index contributed by atoms with van der Waals surface area (Å²) in [5.41, 5.74) is 2.43. The zero-order valence-corrected chi connectivity index (χ0v) is 8.40. The van der Waals surface area contributed by atoms with Gasteiger partial charge in [0.25, 0.3) is 0 Å². The molecular formula is C11H13BN2. The van der Waals surface area contributed by atoms with Crippen LogP contribution in [-0.4, -0.2) is 24.8 Å². The number of rotatable bonds is 4. The van der Waals surface area contributed by atoms with Crippen molar-refractivity contribution >= 4 is 13.4 Å². The maximum Gasteiger partial charge on any atom is 0.142 e. The van der Waals surface area contributed by atoms with E-state index in [4.69, 9.17) is 7.85 Å². The molecule has 1 heterocycles. The van der Waals surface area contributed by atoms with E-state index < -0.39 is 0 Å². The van der Waals surface area contributed by atoms with Crippen LogP contribution in [0.1, 0.15) is 5.56 Å². The van der Waals surface area contributed by atoms with Crippen molar-refractivity contribution in [1.29, 1.82) is 0 Å². The van der Waals surface area contributed by atoms with Crippen molar-refractivity contribution in [1.82, 2.24) is 9.88 Å². The molecule has 14 heavy (non-hydrogen) atoms. The summed E-state index contributed by atoms with van der Waals surface area (Å²) in [5.74, 6) is 0. The number of likely N-dealkylation sites (N-methyl/N-ethyl adjacent to an activating group) is 1. The predicted molar refractivity (Wildman–Crippen MR) is 60.4 cm³/mol. The second-order valence-electron chi connectivity index (χ2n) is 3.10. The molecule has 0 N–H and O–H groups in total. The Labute approximate surface area is 86.4 Å². The second kappa shape index (κ2) is 4.65. The van der Waals surface area contributed by atoms with Crippen LogP contribution in [-0.2, 0) is 6.54 Å². The molecule has 70 valence electrons. The summed E-state index contributed by atoms with van der Waals surface area (Å²) in [5, 5.41) is 0. The Bertz CT molecular complexity index is 347. The van der Waals surface area contributed by atoms with Gasteiger partial charge in [-0.3, -0.25) is 4.98 Å². The van der Waals surface area contributed by atoms with Crippen LogP contribution in [0.2, 0.25) is 0 Å². The number of allylic oxidation sites excluding steroid dienone is 1. The molecule has 0 amide bonds. The van der Waals surface area contributed by atoms with Gasteiger partial charge in [0.05, 0.1) is 0 Å². The summed E-state index contributed by atoms with van der Waals surface area (Å²) in [7, 11) is 7.66. The van der Waals surface area contributed by atoms with E-state index in [9.17, 15) is 0 Å². The zero-order valence-electron chi connectivity index (χ0n) is 8.40. The summed E-state index contributed by atoms with van der Waals surface area (Å²) in [6.45, 7) is 8.20. The third-order valence-electron chi connectivity index (χ3n) is 2.06. The highest BCUT2D eigenvalue weighted by Gasteiger charge is 2.02. The molecule has 1 aromatic rings. The number of nitrogens with zero attached hydrogens (tertiary/aromatic N) is 2. The lowest BCUT2D eigenvalue weighted by molar-refractivity contribution is 0.427. The van der Waals surface area contributed by atoms with Gasteiger partial charge in [0.1, 0.15) is 7.85 Å². The van der Waals surface area contributed by atoms with Gasteiger partial charge in [0, 0.05) is 25.5 Å². The van der Waals surface area contributed by atoms with E-state index in [0.29, 0.717) is 12.1 Å². The van der Waals surface area contributed by atoms with E-state index in [2.05, 4.69) is 18.1 Å². The van der Waals surface area contributed by atoms with Crippen molar-refractivity contribution in [3.05, 3.63) is 48.8 Å². The molecule has 0 saturated heterocycles. The van der Waals surface area contributed by atoms with Crippen LogP contribution < -0.4 is 5.59 Å². The lowest BCUT2D eigenvalue weighted by Gasteiger charge is -2.20. The van der Waals surface area contributed by atoms with Gasteiger partial charge in [-0.25, -0.2) is 0 Å². The minimum atomic E-state index is 0.566. The Morgan fingerprint density at radius 3 is 3.00 bits per heavy atom. The summed E-state index contributed by atoms with van der Waals surface area (Å²) >= 11 is 0. The SMILES string of the molecule is [B]c1ncccc1CN(C)C(=C)C=C. The van der Waals surface area contributed by atoms with Gasteiger partial charge in [-0.1, -0.05) is 19.2 Å². The maximum absolute atomic E-state index is 5.72. The molecule has 0 aliphatic rings. The minimum absolute atomic E-state index is 0.566. The van der Waals surface area contributed by atoms with E-state index in [1.54, 1.807) is 12.3 Å². The molecule has 2 nitrogen and oxygen atoms in total. The van der Waals surface area contributed by atoms with Crippen LogP contribution in [0.5, 0.6) is 0 Å². The van der Waals surface area contributed by atoms with Crippen molar-refractivity contribution in [2.24, 2.45) is 0 Å². The molecule has 3 heteroatoms. The van der Waals surface area contributed by atoms with Gasteiger partial charge >= 0.3 is 0 Å². The van der Waals surface area contributed by atoms with Crippen molar-refractivity contribution in [3.8, 4) is 0 Å². The Morgan fingerprint density at radius 2 is 2.43 bits per heavy atom. The van der Waals surface area contributed by atoms with Gasteiger partial charge in [0.2, 0.25) is 0 Å². The lowest BCUT2D eigenvalue weighted by Crippen LogP contribution is -2.22. The first-order valence-corrected chi connectivity index (χ1v) is 4.37. The summed E-state index contributed by atoms with van der Waals surface area (Å²) < 4.78 is 0. The monoisotopic (exact) mass is 184 g/mol. The average molecular weight is 184 g/mol. The first-order chi connectivity index (χ1) is 6.65. The van der Waals surface area contributed by atoms with Crippen LogP contribution in [0, 0.1) is 0 Å². The molecule has 0 aliphatic carbocycles. The standard InChI is InChI=1S/C11H13BN2/c1-4-9(2)14(3)8-10-6-5-7-13-11(10)12/h4-7H,1-2,8H2,3H3. The third-order valence-corrected chi connectivity index (χ3v) is 2.06. The number of pyridine rings is 1. The summed E-state index contributed by atoms with van der Waals surface area (Å²) in [6.07, 6.45) is 3.40. The fourth-order valence-electron chi connectivity index (χ4n) is 1.10. The number of hydrogen-bond acceptors (Lipinski definition) is 2. The van der Waals surface area contributed by atoms with Gasteiger partial charge in [-0.05, 0) is 23.3 Å². The van der Waals surface area contributed by atoms with Crippen LogP contribution in [0.25, 0.3) is 0 Å². The molecule has 0 aliphatic heterocycles. The van der Waals surface area contributed by atoms with Gasteiger partial charge in [-0.2, -0.15) is 0 Å². The first-order valence-electron chi connectivity index (χ1n) is 4.37. The summed E-state index contributed by atoms with van der Waals surface area (Å²) in [4.78, 5) is 5.99. The van der Waals surface area contributed by atoms with Gasteiger partial charge < -0.3 is 4.90 Å². The Kier molecular flexibility index (Phi) is 3.51. The number of aromatic nitrogens is 1. The zero-order chi connectivity index (χ0) is 10.6. The molecule has 0 spiro atoms. The molecule has 0 fully saturated rings. The highest BCUT2D eigenvalue weighted by Crippen LogP contribution is 2.04. The van der Waals surface area contributed by atoms with Crippen molar-refractivity contribution in [2.75, 3.05) is 7.05 Å². The van der Waals surface area contributed by atoms with Gasteiger partial charge in [-0.15, -0.1) is 0 Å². The smallest absolute Gasteiger partial charge is 0.142 e. The van der Waals surface area contributed by atoms with Gasteiger partial charge in [0.15, 0.2) is 0 Å². The number of hydrogen-bond donors (Lipinski definition) is 0. The minimum Gasteiger partial charge on any atom is -0.371 e. The van der Waals surface area contributed by atoms with Crippen molar-refractivity contribution in [3.63, 3.8) is 0 Å². The molecule has 1 rings (SSSR count). The van der Waals surface area contributed by atoms with Crippen LogP contribution in [0.15, 0.2) is 43.3 Å². The fourth-order valence-corrected chi connectivity index (χ4v) is 1.10. The van der Waals surface area contributed by atoms with E-state index in [1.165, 1.54) is 0 Å². The maximum atomic E-state index is 5.72. The molecule has 1 aromatic heterocycles. The van der Waals surface area contributed by atoms with E-state index in [0.717, 1.165) is 11.3 Å². The summed E-state index contributed by atoms with van der Waals surface area (Å²) in [6, 6.07) is 3.82. The van der Waals surface area contributed by atoms with Crippen LogP contribution in [0.3, 0.4) is 0 Å². The Morgan fingerprint density at radius 1 is 1.71 bits per heavy atom. The van der Waals surface area contributed by atoms with Crippen molar-refractivity contribution < 1.29 is 0 Å². The lowest BCUT2D eigenvalue weighted by atomic mass is 9.97. The van der Waals surface area contributed by atoms with Crippen molar-refractivity contribution in [2.45, 2.75) is 6.54 Å². The molecule has 0 saturated carbocycles. The molecule has 2 radical (unpaired) electrons. The predicted octanol–water partition coefficient (Wildman–Crippen LogP) is 1.01.